The van der Waals surface area contributed by atoms with Crippen molar-refractivity contribution in [2.24, 2.45) is 17.8 Å². The summed E-state index contributed by atoms with van der Waals surface area (Å²) in [4.78, 5) is 24.0. The molecule has 100 valence electrons. The molecule has 2 fully saturated rings. The van der Waals surface area contributed by atoms with Crippen LogP contribution < -0.4 is 5.32 Å². The summed E-state index contributed by atoms with van der Waals surface area (Å²) < 4.78 is 0. The van der Waals surface area contributed by atoms with E-state index in [9.17, 15) is 9.59 Å². The van der Waals surface area contributed by atoms with Crippen LogP contribution in [0, 0.1) is 17.8 Å². The van der Waals surface area contributed by atoms with Crippen LogP contribution in [0.1, 0.15) is 36.0 Å². The molecule has 19 heavy (non-hydrogen) atoms. The average Bonchev–Trinajstić information content (AvgIpc) is 3.08. The van der Waals surface area contributed by atoms with Crippen LogP contribution in [-0.4, -0.2) is 18.2 Å². The van der Waals surface area contributed by atoms with Crippen molar-refractivity contribution < 1.29 is 9.59 Å². The van der Waals surface area contributed by atoms with Crippen molar-refractivity contribution in [1.29, 1.82) is 0 Å². The first-order valence-corrected chi connectivity index (χ1v) is 7.10. The van der Waals surface area contributed by atoms with Crippen molar-refractivity contribution in [1.82, 2.24) is 5.32 Å². The predicted octanol–water partition coefficient (Wildman–Crippen LogP) is 2.42. The van der Waals surface area contributed by atoms with Crippen molar-refractivity contribution in [2.75, 3.05) is 6.54 Å². The molecule has 3 atom stereocenters. The van der Waals surface area contributed by atoms with Gasteiger partial charge in [0, 0.05) is 11.5 Å². The monoisotopic (exact) mass is 257 g/mol. The molecule has 1 N–H and O–H groups in total. The molecule has 0 heterocycles. The minimum absolute atomic E-state index is 0.0166. The smallest absolute Gasteiger partial charge is 0.223 e. The van der Waals surface area contributed by atoms with Crippen LogP contribution in [0.25, 0.3) is 0 Å². The van der Waals surface area contributed by atoms with E-state index in [4.69, 9.17) is 0 Å². The molecule has 1 aromatic rings. The first-order valence-electron chi connectivity index (χ1n) is 7.10. The molecular weight excluding hydrogens is 238 g/mol. The molecule has 3 heteroatoms. The second kappa shape index (κ2) is 5.16. The maximum Gasteiger partial charge on any atom is 0.223 e. The lowest BCUT2D eigenvalue weighted by Crippen LogP contribution is -2.36. The van der Waals surface area contributed by atoms with Gasteiger partial charge < -0.3 is 5.32 Å². The van der Waals surface area contributed by atoms with Crippen LogP contribution in [0.2, 0.25) is 0 Å². The molecule has 0 aromatic heterocycles. The Bertz CT molecular complexity index is 483. The molecule has 0 spiro atoms. The summed E-state index contributed by atoms with van der Waals surface area (Å²) in [5.74, 6) is 1.54. The Balaban J connectivity index is 1.52. The highest BCUT2D eigenvalue weighted by atomic mass is 16.2. The highest BCUT2D eigenvalue weighted by Crippen LogP contribution is 2.48. The number of Topliss-reactive ketones (excluding diaryl/α,β-unsaturated/α-hetero) is 1. The van der Waals surface area contributed by atoms with Crippen LogP contribution in [0.3, 0.4) is 0 Å². The van der Waals surface area contributed by atoms with Gasteiger partial charge in [-0.3, -0.25) is 9.59 Å². The van der Waals surface area contributed by atoms with Gasteiger partial charge in [-0.25, -0.2) is 0 Å². The van der Waals surface area contributed by atoms with Gasteiger partial charge in [0.2, 0.25) is 5.91 Å². The summed E-state index contributed by atoms with van der Waals surface area (Å²) in [6, 6.07) is 9.12. The van der Waals surface area contributed by atoms with Crippen LogP contribution in [0.5, 0.6) is 0 Å². The standard InChI is InChI=1S/C16H19NO2/c18-15(12-4-2-1-3-5-12)10-17-16(19)14-9-11-6-7-13(14)8-11/h1-5,11,13-14H,6-10H2,(H,17,19). The van der Waals surface area contributed by atoms with Crippen molar-refractivity contribution in [3.63, 3.8) is 0 Å². The number of benzene rings is 1. The molecule has 0 saturated heterocycles. The van der Waals surface area contributed by atoms with Gasteiger partial charge >= 0.3 is 0 Å². The minimum Gasteiger partial charge on any atom is -0.348 e. The van der Waals surface area contributed by atoms with Gasteiger partial charge in [0.05, 0.1) is 6.54 Å². The number of hydrogen-bond donors (Lipinski definition) is 1. The third kappa shape index (κ3) is 2.55. The third-order valence-corrected chi connectivity index (χ3v) is 4.59. The fourth-order valence-corrected chi connectivity index (χ4v) is 3.59. The number of rotatable bonds is 4. The van der Waals surface area contributed by atoms with E-state index in [0.717, 1.165) is 12.3 Å². The molecule has 2 bridgehead atoms. The lowest BCUT2D eigenvalue weighted by molar-refractivity contribution is -0.126. The third-order valence-electron chi connectivity index (χ3n) is 4.59. The normalized spacial score (nSPS) is 28.3. The molecular formula is C16H19NO2. The Morgan fingerprint density at radius 2 is 1.89 bits per heavy atom. The summed E-state index contributed by atoms with van der Waals surface area (Å²) in [5.41, 5.74) is 0.663. The largest absolute Gasteiger partial charge is 0.348 e. The zero-order valence-corrected chi connectivity index (χ0v) is 11.0. The van der Waals surface area contributed by atoms with Crippen molar-refractivity contribution in [3.8, 4) is 0 Å². The highest BCUT2D eigenvalue weighted by Gasteiger charge is 2.42. The molecule has 2 saturated carbocycles. The molecule has 1 aromatic carbocycles. The lowest BCUT2D eigenvalue weighted by atomic mass is 9.88. The predicted molar refractivity (Wildman–Crippen MR) is 72.7 cm³/mol. The van der Waals surface area contributed by atoms with Gasteiger partial charge in [-0.05, 0) is 31.1 Å². The lowest BCUT2D eigenvalue weighted by Gasteiger charge is -2.20. The van der Waals surface area contributed by atoms with Crippen LogP contribution >= 0.6 is 0 Å². The average molecular weight is 257 g/mol. The van der Waals surface area contributed by atoms with Gasteiger partial charge in [-0.1, -0.05) is 36.8 Å². The molecule has 3 rings (SSSR count). The van der Waals surface area contributed by atoms with Gasteiger partial charge in [0.1, 0.15) is 0 Å². The zero-order valence-electron chi connectivity index (χ0n) is 11.0. The highest BCUT2D eigenvalue weighted by molar-refractivity contribution is 5.99. The zero-order chi connectivity index (χ0) is 13.2. The Morgan fingerprint density at radius 3 is 2.53 bits per heavy atom. The first-order chi connectivity index (χ1) is 9.24. The quantitative estimate of drug-likeness (QED) is 0.842. The second-order valence-corrected chi connectivity index (χ2v) is 5.79. The minimum atomic E-state index is -0.0166. The SMILES string of the molecule is O=C(CNC(=O)C1CC2CCC1C2)c1ccccc1. The Hall–Kier alpha value is -1.64. The van der Waals surface area contributed by atoms with E-state index in [0.29, 0.717) is 11.5 Å². The molecule has 3 unspecified atom stereocenters. The maximum absolute atomic E-state index is 12.1. The molecule has 0 radical (unpaired) electrons. The van der Waals surface area contributed by atoms with E-state index in [1.54, 1.807) is 12.1 Å². The molecule has 1 amide bonds. The van der Waals surface area contributed by atoms with Crippen molar-refractivity contribution in [2.45, 2.75) is 25.7 Å². The Morgan fingerprint density at radius 1 is 1.11 bits per heavy atom. The van der Waals surface area contributed by atoms with E-state index in [1.807, 2.05) is 18.2 Å². The molecule has 2 aliphatic carbocycles. The number of ketones is 1. The Kier molecular flexibility index (Phi) is 3.36. The van der Waals surface area contributed by atoms with E-state index in [-0.39, 0.29) is 24.2 Å². The summed E-state index contributed by atoms with van der Waals surface area (Å²) in [6.45, 7) is 0.122. The van der Waals surface area contributed by atoms with E-state index in [2.05, 4.69) is 5.32 Å². The molecule has 0 aliphatic heterocycles. The summed E-state index contributed by atoms with van der Waals surface area (Å²) in [5, 5.41) is 2.82. The van der Waals surface area contributed by atoms with Gasteiger partial charge in [-0.15, -0.1) is 0 Å². The fourth-order valence-electron chi connectivity index (χ4n) is 3.59. The maximum atomic E-state index is 12.1. The van der Waals surface area contributed by atoms with Gasteiger partial charge in [-0.2, -0.15) is 0 Å². The van der Waals surface area contributed by atoms with Crippen molar-refractivity contribution >= 4 is 11.7 Å². The van der Waals surface area contributed by atoms with E-state index in [1.165, 1.54) is 19.3 Å². The summed E-state index contributed by atoms with van der Waals surface area (Å²) in [7, 11) is 0. The summed E-state index contributed by atoms with van der Waals surface area (Å²) >= 11 is 0. The van der Waals surface area contributed by atoms with E-state index >= 15 is 0 Å². The first kappa shape index (κ1) is 12.4. The molecule has 3 nitrogen and oxygen atoms in total. The van der Waals surface area contributed by atoms with Gasteiger partial charge in [0.15, 0.2) is 5.78 Å². The number of amides is 1. The topological polar surface area (TPSA) is 46.2 Å². The van der Waals surface area contributed by atoms with E-state index < -0.39 is 0 Å². The Labute approximate surface area is 113 Å². The number of carbonyl (C=O) groups excluding carboxylic acids is 2. The van der Waals surface area contributed by atoms with Crippen LogP contribution in [0.15, 0.2) is 30.3 Å². The number of hydrogen-bond acceptors (Lipinski definition) is 2. The van der Waals surface area contributed by atoms with Crippen LogP contribution in [0.4, 0.5) is 0 Å². The second-order valence-electron chi connectivity index (χ2n) is 5.79. The summed E-state index contributed by atoms with van der Waals surface area (Å²) in [6.07, 6.45) is 4.72. The molecule has 2 aliphatic rings. The van der Waals surface area contributed by atoms with Crippen molar-refractivity contribution in [3.05, 3.63) is 35.9 Å². The fraction of sp³-hybridized carbons (Fsp3) is 0.500. The number of nitrogens with one attached hydrogen (secondary N) is 1. The van der Waals surface area contributed by atoms with Crippen LogP contribution in [-0.2, 0) is 4.79 Å². The number of fused-ring (bicyclic) bond motifs is 2. The number of carbonyl (C=O) groups is 2. The van der Waals surface area contributed by atoms with Gasteiger partial charge in [0.25, 0.3) is 0 Å².